The van der Waals surface area contributed by atoms with E-state index in [0.29, 0.717) is 61.1 Å². The Morgan fingerprint density at radius 3 is 2.81 bits per heavy atom. The van der Waals surface area contributed by atoms with Gasteiger partial charge in [-0.3, -0.25) is 9.89 Å². The summed E-state index contributed by atoms with van der Waals surface area (Å²) in [6.07, 6.45) is 1.62. The van der Waals surface area contributed by atoms with Gasteiger partial charge in [0, 0.05) is 31.3 Å². The first kappa shape index (κ1) is 17.0. The van der Waals surface area contributed by atoms with Crippen LogP contribution in [-0.2, 0) is 4.74 Å². The second-order valence-corrected chi connectivity index (χ2v) is 6.02. The van der Waals surface area contributed by atoms with Gasteiger partial charge in [-0.1, -0.05) is 0 Å². The van der Waals surface area contributed by atoms with Crippen molar-refractivity contribution < 1.29 is 9.53 Å². The van der Waals surface area contributed by atoms with Crippen LogP contribution < -0.4 is 11.1 Å². The van der Waals surface area contributed by atoms with E-state index in [-0.39, 0.29) is 5.91 Å². The third kappa shape index (κ3) is 3.58. The highest BCUT2D eigenvalue weighted by molar-refractivity contribution is 5.93. The number of carbonyl (C=O) groups excluding carboxylic acids is 1. The van der Waals surface area contributed by atoms with Crippen molar-refractivity contribution in [2.24, 2.45) is 0 Å². The molecule has 1 aliphatic heterocycles. The van der Waals surface area contributed by atoms with Gasteiger partial charge in [0.1, 0.15) is 23.3 Å². The molecular weight excluding hydrogens is 350 g/mol. The minimum Gasteiger partial charge on any atom is -0.384 e. The predicted octanol–water partition coefficient (Wildman–Crippen LogP) is 0.492. The zero-order chi connectivity index (χ0) is 18.8. The van der Waals surface area contributed by atoms with Gasteiger partial charge >= 0.3 is 0 Å². The second kappa shape index (κ2) is 7.03. The van der Waals surface area contributed by atoms with Gasteiger partial charge in [0.25, 0.3) is 5.91 Å². The van der Waals surface area contributed by atoms with Gasteiger partial charge in [0.2, 0.25) is 0 Å². The molecule has 0 aliphatic carbocycles. The standard InChI is InChI=1S/C16H19N9O2/c1-10-19-12(17)9-15(20-10)25-14(21-13-2-3-18-22-13)8-11(23-25)16(26)24-4-6-27-7-5-24/h2-3,8-9H,4-7H2,1H3,(H2,17,19,20)(H2,18,21,22). The van der Waals surface area contributed by atoms with E-state index >= 15 is 0 Å². The van der Waals surface area contributed by atoms with E-state index in [9.17, 15) is 4.79 Å². The summed E-state index contributed by atoms with van der Waals surface area (Å²) in [4.78, 5) is 23.0. The fourth-order valence-electron chi connectivity index (χ4n) is 2.82. The molecule has 4 N–H and O–H groups in total. The van der Waals surface area contributed by atoms with E-state index in [1.807, 2.05) is 0 Å². The van der Waals surface area contributed by atoms with Gasteiger partial charge in [-0.2, -0.15) is 14.9 Å². The van der Waals surface area contributed by atoms with Gasteiger partial charge < -0.3 is 20.7 Å². The van der Waals surface area contributed by atoms with Crippen molar-refractivity contribution in [2.45, 2.75) is 6.92 Å². The Balaban J connectivity index is 1.73. The highest BCUT2D eigenvalue weighted by atomic mass is 16.5. The van der Waals surface area contributed by atoms with Crippen molar-refractivity contribution in [3.05, 3.63) is 35.9 Å². The lowest BCUT2D eigenvalue weighted by Crippen LogP contribution is -2.40. The Bertz CT molecular complexity index is 925. The van der Waals surface area contributed by atoms with E-state index in [1.54, 1.807) is 36.2 Å². The molecule has 0 unspecified atom stereocenters. The normalized spacial score (nSPS) is 14.3. The summed E-state index contributed by atoms with van der Waals surface area (Å²) in [6, 6.07) is 5.04. The topological polar surface area (TPSA) is 140 Å². The highest BCUT2D eigenvalue weighted by Crippen LogP contribution is 2.21. The molecule has 0 aromatic carbocycles. The number of rotatable bonds is 4. The molecule has 0 saturated carbocycles. The summed E-state index contributed by atoms with van der Waals surface area (Å²) >= 11 is 0. The molecule has 1 fully saturated rings. The molecule has 3 aromatic rings. The number of nitrogen functional groups attached to an aromatic ring is 1. The van der Waals surface area contributed by atoms with Crippen molar-refractivity contribution in [3.63, 3.8) is 0 Å². The van der Waals surface area contributed by atoms with Crippen LogP contribution in [0.4, 0.5) is 17.5 Å². The van der Waals surface area contributed by atoms with Crippen LogP contribution in [-0.4, -0.2) is 67.1 Å². The van der Waals surface area contributed by atoms with Crippen LogP contribution in [0, 0.1) is 6.92 Å². The van der Waals surface area contributed by atoms with E-state index < -0.39 is 0 Å². The molecule has 0 bridgehead atoms. The summed E-state index contributed by atoms with van der Waals surface area (Å²) in [7, 11) is 0. The molecule has 3 aromatic heterocycles. The maximum Gasteiger partial charge on any atom is 0.274 e. The van der Waals surface area contributed by atoms with Gasteiger partial charge in [0.15, 0.2) is 11.5 Å². The van der Waals surface area contributed by atoms with Crippen LogP contribution in [0.2, 0.25) is 0 Å². The van der Waals surface area contributed by atoms with Crippen molar-refractivity contribution >= 4 is 23.4 Å². The SMILES string of the molecule is Cc1nc(N)cc(-n2nc(C(=O)N3CCOCC3)cc2Nc2ccn[nH]2)n1. The maximum atomic E-state index is 12.8. The Hall–Kier alpha value is -3.47. The third-order valence-corrected chi connectivity index (χ3v) is 4.05. The summed E-state index contributed by atoms with van der Waals surface area (Å²) in [5, 5.41) is 14.3. The quantitative estimate of drug-likeness (QED) is 0.604. The molecule has 0 radical (unpaired) electrons. The Kier molecular flexibility index (Phi) is 4.42. The van der Waals surface area contributed by atoms with Crippen LogP contribution in [0.15, 0.2) is 24.4 Å². The lowest BCUT2D eigenvalue weighted by atomic mass is 10.3. The maximum absolute atomic E-state index is 12.8. The van der Waals surface area contributed by atoms with Crippen molar-refractivity contribution in [2.75, 3.05) is 37.4 Å². The second-order valence-electron chi connectivity index (χ2n) is 6.02. The minimum absolute atomic E-state index is 0.163. The first-order valence-corrected chi connectivity index (χ1v) is 8.45. The van der Waals surface area contributed by atoms with Crippen molar-refractivity contribution in [1.82, 2.24) is 34.8 Å². The number of morpholine rings is 1. The number of H-pyrrole nitrogens is 1. The summed E-state index contributed by atoms with van der Waals surface area (Å²) in [6.45, 7) is 3.86. The number of nitrogens with one attached hydrogen (secondary N) is 2. The van der Waals surface area contributed by atoms with E-state index in [4.69, 9.17) is 10.5 Å². The van der Waals surface area contributed by atoms with Gasteiger partial charge in [-0.05, 0) is 6.92 Å². The number of nitrogens with two attached hydrogens (primary N) is 1. The van der Waals surface area contributed by atoms with Crippen LogP contribution >= 0.6 is 0 Å². The number of aromatic nitrogens is 6. The van der Waals surface area contributed by atoms with E-state index in [0.717, 1.165) is 0 Å². The Morgan fingerprint density at radius 1 is 1.30 bits per heavy atom. The number of ether oxygens (including phenoxy) is 1. The van der Waals surface area contributed by atoms with Gasteiger partial charge in [-0.15, -0.1) is 0 Å². The predicted molar refractivity (Wildman–Crippen MR) is 96.9 cm³/mol. The molecule has 140 valence electrons. The minimum atomic E-state index is -0.163. The molecule has 27 heavy (non-hydrogen) atoms. The summed E-state index contributed by atoms with van der Waals surface area (Å²) in [5.74, 6) is 2.33. The zero-order valence-corrected chi connectivity index (χ0v) is 14.7. The van der Waals surface area contributed by atoms with E-state index in [1.165, 1.54) is 4.68 Å². The first-order chi connectivity index (χ1) is 13.1. The fourth-order valence-corrected chi connectivity index (χ4v) is 2.82. The first-order valence-electron chi connectivity index (χ1n) is 8.45. The Morgan fingerprint density at radius 2 is 2.11 bits per heavy atom. The highest BCUT2D eigenvalue weighted by Gasteiger charge is 2.23. The molecule has 4 rings (SSSR count). The van der Waals surface area contributed by atoms with Crippen LogP contribution in [0.5, 0.6) is 0 Å². The lowest BCUT2D eigenvalue weighted by Gasteiger charge is -2.25. The number of aromatic amines is 1. The number of hydrogen-bond donors (Lipinski definition) is 3. The fraction of sp³-hybridized carbons (Fsp3) is 0.312. The van der Waals surface area contributed by atoms with Crippen molar-refractivity contribution in [1.29, 1.82) is 0 Å². The number of nitrogens with zero attached hydrogens (tertiary/aromatic N) is 6. The zero-order valence-electron chi connectivity index (χ0n) is 14.7. The average molecular weight is 369 g/mol. The van der Waals surface area contributed by atoms with Crippen LogP contribution in [0.1, 0.15) is 16.3 Å². The number of aryl methyl sites for hydroxylation is 1. The summed E-state index contributed by atoms with van der Waals surface area (Å²) in [5.41, 5.74) is 6.15. The number of carbonyl (C=O) groups is 1. The average Bonchev–Trinajstić information content (AvgIpc) is 3.31. The molecule has 1 saturated heterocycles. The monoisotopic (exact) mass is 369 g/mol. The lowest BCUT2D eigenvalue weighted by molar-refractivity contribution is 0.0298. The number of amides is 1. The third-order valence-electron chi connectivity index (χ3n) is 4.05. The van der Waals surface area contributed by atoms with Crippen LogP contribution in [0.3, 0.4) is 0 Å². The molecule has 0 spiro atoms. The van der Waals surface area contributed by atoms with E-state index in [2.05, 4.69) is 30.6 Å². The summed E-state index contributed by atoms with van der Waals surface area (Å²) < 4.78 is 6.83. The molecular formula is C16H19N9O2. The molecule has 1 aliphatic rings. The van der Waals surface area contributed by atoms with Crippen LogP contribution in [0.25, 0.3) is 5.82 Å². The molecule has 4 heterocycles. The smallest absolute Gasteiger partial charge is 0.274 e. The van der Waals surface area contributed by atoms with Gasteiger partial charge in [-0.25, -0.2) is 9.97 Å². The molecule has 11 nitrogen and oxygen atoms in total. The van der Waals surface area contributed by atoms with Crippen molar-refractivity contribution in [3.8, 4) is 5.82 Å². The van der Waals surface area contributed by atoms with Gasteiger partial charge in [0.05, 0.1) is 19.4 Å². The molecule has 0 atom stereocenters. The molecule has 11 heteroatoms. The number of anilines is 3. The molecule has 1 amide bonds. The number of hydrogen-bond acceptors (Lipinski definition) is 8. The Labute approximate surface area is 154 Å². The largest absolute Gasteiger partial charge is 0.384 e.